The molecule has 0 fully saturated rings. The monoisotopic (exact) mass is 434 g/mol. The lowest BCUT2D eigenvalue weighted by atomic mass is 10.1. The van der Waals surface area contributed by atoms with E-state index in [1.807, 2.05) is 42.5 Å². The number of nitrogens with zero attached hydrogens (tertiary/aromatic N) is 2. The van der Waals surface area contributed by atoms with Crippen molar-refractivity contribution >= 4 is 22.5 Å². The number of aromatic nitrogens is 1. The molecule has 32 heavy (non-hydrogen) atoms. The van der Waals surface area contributed by atoms with Crippen molar-refractivity contribution in [2.24, 2.45) is 5.92 Å². The van der Waals surface area contributed by atoms with E-state index in [2.05, 4.69) is 55.4 Å². The van der Waals surface area contributed by atoms with E-state index in [4.69, 9.17) is 0 Å². The largest absolute Gasteiger partial charge is 0.337 e. The number of rotatable bonds is 9. The molecular formula is C26H34N4O2. The Bertz CT molecular complexity index is 1090. The van der Waals surface area contributed by atoms with Crippen LogP contribution in [0.5, 0.6) is 0 Å². The molecule has 3 aromatic rings. The fraction of sp³-hybridized carbons (Fsp3) is 0.385. The molecule has 0 spiro atoms. The molecule has 0 radical (unpaired) electrons. The zero-order valence-electron chi connectivity index (χ0n) is 19.5. The number of benzene rings is 2. The van der Waals surface area contributed by atoms with Gasteiger partial charge >= 0.3 is 6.03 Å². The highest BCUT2D eigenvalue weighted by atomic mass is 16.2. The van der Waals surface area contributed by atoms with Crippen molar-refractivity contribution in [2.75, 3.05) is 18.4 Å². The first-order valence-electron chi connectivity index (χ1n) is 11.3. The molecule has 170 valence electrons. The van der Waals surface area contributed by atoms with Gasteiger partial charge in [0.1, 0.15) is 0 Å². The quantitative estimate of drug-likeness (QED) is 0.513. The Kier molecular flexibility index (Phi) is 8.06. The Labute approximate surface area is 190 Å². The Morgan fingerprint density at radius 2 is 1.62 bits per heavy atom. The van der Waals surface area contributed by atoms with Crippen LogP contribution < -0.4 is 16.2 Å². The maximum Gasteiger partial charge on any atom is 0.319 e. The van der Waals surface area contributed by atoms with Crippen LogP contribution in [0.1, 0.15) is 33.3 Å². The standard InChI is InChI=1S/C26H34N4O2/c1-19(2)16-30-18-24(22-12-8-9-13-23(22)25(30)31)28-26(32)27-14-15-29(20(3)4)17-21-10-6-5-7-11-21/h5-13,18-20H,14-17H2,1-4H3,(H2,27,28,32). The van der Waals surface area contributed by atoms with Gasteiger partial charge in [-0.15, -0.1) is 0 Å². The van der Waals surface area contributed by atoms with Crippen LogP contribution in [0.3, 0.4) is 0 Å². The molecule has 1 aromatic heterocycles. The van der Waals surface area contributed by atoms with Crippen molar-refractivity contribution in [1.29, 1.82) is 0 Å². The predicted molar refractivity (Wildman–Crippen MR) is 132 cm³/mol. The van der Waals surface area contributed by atoms with Crippen LogP contribution in [0.15, 0.2) is 65.6 Å². The molecule has 0 bridgehead atoms. The van der Waals surface area contributed by atoms with E-state index in [0.29, 0.717) is 36.1 Å². The number of carbonyl (C=O) groups excluding carboxylic acids is 1. The second-order valence-electron chi connectivity index (χ2n) is 8.87. The maximum atomic E-state index is 12.8. The van der Waals surface area contributed by atoms with Gasteiger partial charge in [-0.1, -0.05) is 62.4 Å². The number of carbonyl (C=O) groups is 1. The molecule has 3 rings (SSSR count). The molecule has 2 N–H and O–H groups in total. The number of amides is 2. The molecule has 1 heterocycles. The molecular weight excluding hydrogens is 400 g/mol. The van der Waals surface area contributed by atoms with Crippen LogP contribution in [0, 0.1) is 5.92 Å². The van der Waals surface area contributed by atoms with Crippen molar-refractivity contribution in [2.45, 2.75) is 46.8 Å². The molecule has 0 unspecified atom stereocenters. The van der Waals surface area contributed by atoms with Crippen molar-refractivity contribution in [3.63, 3.8) is 0 Å². The third kappa shape index (κ3) is 6.20. The fourth-order valence-corrected chi connectivity index (χ4v) is 3.79. The van der Waals surface area contributed by atoms with Gasteiger partial charge in [0, 0.05) is 49.2 Å². The third-order valence-corrected chi connectivity index (χ3v) is 5.45. The van der Waals surface area contributed by atoms with Crippen LogP contribution in [0.4, 0.5) is 10.5 Å². The van der Waals surface area contributed by atoms with Crippen LogP contribution in [-0.2, 0) is 13.1 Å². The molecule has 0 aliphatic carbocycles. The fourth-order valence-electron chi connectivity index (χ4n) is 3.79. The minimum atomic E-state index is -0.270. The molecule has 0 saturated heterocycles. The molecule has 2 aromatic carbocycles. The number of anilines is 1. The van der Waals surface area contributed by atoms with E-state index >= 15 is 0 Å². The topological polar surface area (TPSA) is 66.4 Å². The van der Waals surface area contributed by atoms with Gasteiger partial charge in [0.2, 0.25) is 0 Å². The Balaban J connectivity index is 1.66. The summed E-state index contributed by atoms with van der Waals surface area (Å²) in [5.74, 6) is 0.321. The number of pyridine rings is 1. The van der Waals surface area contributed by atoms with Gasteiger partial charge in [-0.2, -0.15) is 0 Å². The summed E-state index contributed by atoms with van der Waals surface area (Å²) in [5, 5.41) is 7.27. The van der Waals surface area contributed by atoms with Gasteiger partial charge in [0.05, 0.1) is 5.69 Å². The molecule has 0 aliphatic heterocycles. The van der Waals surface area contributed by atoms with Crippen LogP contribution in [0.25, 0.3) is 10.8 Å². The Morgan fingerprint density at radius 1 is 0.969 bits per heavy atom. The van der Waals surface area contributed by atoms with Crippen molar-refractivity contribution in [1.82, 2.24) is 14.8 Å². The van der Waals surface area contributed by atoms with Gasteiger partial charge in [-0.25, -0.2) is 4.79 Å². The Hall–Kier alpha value is -3.12. The SMILES string of the molecule is CC(C)Cn1cc(NC(=O)NCCN(Cc2ccccc2)C(C)C)c2ccccc2c1=O. The molecule has 0 saturated carbocycles. The van der Waals surface area contributed by atoms with Gasteiger partial charge in [0.25, 0.3) is 5.56 Å². The average molecular weight is 435 g/mol. The Morgan fingerprint density at radius 3 is 2.28 bits per heavy atom. The summed E-state index contributed by atoms with van der Waals surface area (Å²) in [7, 11) is 0. The van der Waals surface area contributed by atoms with Crippen molar-refractivity contribution in [3.8, 4) is 0 Å². The summed E-state index contributed by atoms with van der Waals surface area (Å²) in [6, 6.07) is 17.8. The highest BCUT2D eigenvalue weighted by Crippen LogP contribution is 2.20. The van der Waals surface area contributed by atoms with Crippen LogP contribution in [0.2, 0.25) is 0 Å². The van der Waals surface area contributed by atoms with Crippen molar-refractivity contribution in [3.05, 3.63) is 76.7 Å². The summed E-state index contributed by atoms with van der Waals surface area (Å²) in [6.45, 7) is 11.2. The number of fused-ring (bicyclic) bond motifs is 1. The normalized spacial score (nSPS) is 11.5. The summed E-state index contributed by atoms with van der Waals surface area (Å²) in [5.41, 5.74) is 1.86. The van der Waals surface area contributed by atoms with E-state index in [0.717, 1.165) is 18.5 Å². The lowest BCUT2D eigenvalue weighted by Gasteiger charge is -2.26. The smallest absolute Gasteiger partial charge is 0.319 e. The second kappa shape index (κ2) is 11.0. The molecule has 2 amide bonds. The molecule has 0 aliphatic rings. The second-order valence-corrected chi connectivity index (χ2v) is 8.87. The zero-order valence-corrected chi connectivity index (χ0v) is 19.5. The first kappa shape index (κ1) is 23.5. The summed E-state index contributed by atoms with van der Waals surface area (Å²) < 4.78 is 1.68. The lowest BCUT2D eigenvalue weighted by molar-refractivity contribution is 0.211. The van der Waals surface area contributed by atoms with Gasteiger partial charge in [-0.3, -0.25) is 9.69 Å². The van der Waals surface area contributed by atoms with E-state index in [1.165, 1.54) is 5.56 Å². The highest BCUT2D eigenvalue weighted by Gasteiger charge is 2.13. The highest BCUT2D eigenvalue weighted by molar-refractivity contribution is 6.00. The van der Waals surface area contributed by atoms with Gasteiger partial charge in [0.15, 0.2) is 0 Å². The summed E-state index contributed by atoms with van der Waals surface area (Å²) in [4.78, 5) is 27.8. The molecule has 6 heteroatoms. The van der Waals surface area contributed by atoms with Gasteiger partial charge < -0.3 is 15.2 Å². The average Bonchev–Trinajstić information content (AvgIpc) is 2.76. The lowest BCUT2D eigenvalue weighted by Crippen LogP contribution is -2.39. The number of hydrogen-bond acceptors (Lipinski definition) is 3. The summed E-state index contributed by atoms with van der Waals surface area (Å²) >= 11 is 0. The minimum absolute atomic E-state index is 0.0336. The van der Waals surface area contributed by atoms with Crippen LogP contribution >= 0.6 is 0 Å². The maximum absolute atomic E-state index is 12.8. The molecule has 0 atom stereocenters. The van der Waals surface area contributed by atoms with Gasteiger partial charge in [-0.05, 0) is 31.4 Å². The minimum Gasteiger partial charge on any atom is -0.337 e. The first-order chi connectivity index (χ1) is 15.3. The predicted octanol–water partition coefficient (Wildman–Crippen LogP) is 4.69. The van der Waals surface area contributed by atoms with E-state index in [1.54, 1.807) is 10.8 Å². The van der Waals surface area contributed by atoms with E-state index < -0.39 is 0 Å². The van der Waals surface area contributed by atoms with Crippen molar-refractivity contribution < 1.29 is 4.79 Å². The first-order valence-corrected chi connectivity index (χ1v) is 11.3. The molecule has 6 nitrogen and oxygen atoms in total. The van der Waals surface area contributed by atoms with E-state index in [-0.39, 0.29) is 11.6 Å². The van der Waals surface area contributed by atoms with Crippen LogP contribution in [-0.4, -0.2) is 34.6 Å². The zero-order chi connectivity index (χ0) is 23.1. The summed E-state index contributed by atoms with van der Waals surface area (Å²) in [6.07, 6.45) is 1.75. The number of urea groups is 1. The third-order valence-electron chi connectivity index (χ3n) is 5.45. The number of nitrogens with one attached hydrogen (secondary N) is 2. The number of hydrogen-bond donors (Lipinski definition) is 2. The van der Waals surface area contributed by atoms with E-state index in [9.17, 15) is 9.59 Å².